The number of carbonyl (C=O) groups is 2. The summed E-state index contributed by atoms with van der Waals surface area (Å²) in [4.78, 5) is 28.7. The minimum atomic E-state index is -0.344. The molecule has 2 heterocycles. The molecule has 6 heteroatoms. The first kappa shape index (κ1) is 17.3. The van der Waals surface area contributed by atoms with Crippen molar-refractivity contribution in [3.8, 4) is 0 Å². The zero-order valence-electron chi connectivity index (χ0n) is 13.6. The molecule has 1 N–H and O–H groups in total. The van der Waals surface area contributed by atoms with Crippen LogP contribution < -0.4 is 5.32 Å². The van der Waals surface area contributed by atoms with Crippen LogP contribution in [0.25, 0.3) is 0 Å². The number of thiophene rings is 1. The van der Waals surface area contributed by atoms with Gasteiger partial charge in [-0.3, -0.25) is 9.59 Å². The van der Waals surface area contributed by atoms with E-state index in [0.29, 0.717) is 24.1 Å². The van der Waals surface area contributed by atoms with Crippen molar-refractivity contribution in [1.82, 2.24) is 10.2 Å². The van der Waals surface area contributed by atoms with Crippen molar-refractivity contribution in [2.75, 3.05) is 18.2 Å². The second-order valence-electron chi connectivity index (χ2n) is 5.98. The van der Waals surface area contributed by atoms with Crippen molar-refractivity contribution in [1.29, 1.82) is 0 Å². The van der Waals surface area contributed by atoms with Crippen molar-refractivity contribution < 1.29 is 9.59 Å². The van der Waals surface area contributed by atoms with Crippen LogP contribution in [-0.4, -0.2) is 40.9 Å². The maximum absolute atomic E-state index is 12.7. The Morgan fingerprint density at radius 1 is 1.45 bits per heavy atom. The van der Waals surface area contributed by atoms with Crippen LogP contribution in [0.2, 0.25) is 0 Å². The smallest absolute Gasteiger partial charge is 0.265 e. The van der Waals surface area contributed by atoms with E-state index in [0.717, 1.165) is 11.3 Å². The Labute approximate surface area is 140 Å². The second-order valence-corrected chi connectivity index (χ2v) is 8.23. The molecular weight excluding hydrogens is 316 g/mol. The SMILES string of the molecule is CCc1cc(C(=O)N2CSC[C@H]2C(=O)NCC(C)C)sc1C. The Bertz CT molecular complexity index is 554. The molecule has 0 spiro atoms. The third kappa shape index (κ3) is 3.84. The van der Waals surface area contributed by atoms with E-state index in [4.69, 9.17) is 0 Å². The molecule has 1 fully saturated rings. The number of amides is 2. The van der Waals surface area contributed by atoms with Gasteiger partial charge in [-0.1, -0.05) is 20.8 Å². The van der Waals surface area contributed by atoms with Crippen LogP contribution in [0.3, 0.4) is 0 Å². The molecule has 22 heavy (non-hydrogen) atoms. The van der Waals surface area contributed by atoms with Gasteiger partial charge in [0, 0.05) is 17.2 Å². The summed E-state index contributed by atoms with van der Waals surface area (Å²) >= 11 is 3.18. The molecule has 0 unspecified atom stereocenters. The van der Waals surface area contributed by atoms with Crippen LogP contribution in [0.15, 0.2) is 6.07 Å². The largest absolute Gasteiger partial charge is 0.354 e. The Morgan fingerprint density at radius 2 is 2.18 bits per heavy atom. The highest BCUT2D eigenvalue weighted by atomic mass is 32.2. The maximum atomic E-state index is 12.7. The number of aryl methyl sites for hydroxylation is 2. The summed E-state index contributed by atoms with van der Waals surface area (Å²) in [6.45, 7) is 8.92. The van der Waals surface area contributed by atoms with E-state index < -0.39 is 0 Å². The molecule has 122 valence electrons. The zero-order chi connectivity index (χ0) is 16.3. The van der Waals surface area contributed by atoms with Gasteiger partial charge < -0.3 is 10.2 Å². The fraction of sp³-hybridized carbons (Fsp3) is 0.625. The van der Waals surface area contributed by atoms with Gasteiger partial charge in [0.15, 0.2) is 0 Å². The first-order valence-electron chi connectivity index (χ1n) is 7.69. The second kappa shape index (κ2) is 7.51. The fourth-order valence-electron chi connectivity index (χ4n) is 2.40. The molecule has 4 nitrogen and oxygen atoms in total. The van der Waals surface area contributed by atoms with Crippen LogP contribution in [0.5, 0.6) is 0 Å². The molecular formula is C16H24N2O2S2. The van der Waals surface area contributed by atoms with Gasteiger partial charge >= 0.3 is 0 Å². The lowest BCUT2D eigenvalue weighted by Gasteiger charge is -2.23. The van der Waals surface area contributed by atoms with Crippen LogP contribution in [0, 0.1) is 12.8 Å². The van der Waals surface area contributed by atoms with Gasteiger partial charge in [-0.15, -0.1) is 23.1 Å². The minimum Gasteiger partial charge on any atom is -0.354 e. The predicted octanol–water partition coefficient (Wildman–Crippen LogP) is 2.91. The molecule has 2 amide bonds. The Kier molecular flexibility index (Phi) is 5.92. The molecule has 0 saturated carbocycles. The molecule has 1 aromatic heterocycles. The Hall–Kier alpha value is -1.01. The van der Waals surface area contributed by atoms with Crippen LogP contribution in [0.1, 0.15) is 40.9 Å². The van der Waals surface area contributed by atoms with Crippen molar-refractivity contribution in [3.63, 3.8) is 0 Å². The topological polar surface area (TPSA) is 49.4 Å². The molecule has 0 bridgehead atoms. The number of rotatable bonds is 5. The molecule has 1 saturated heterocycles. The monoisotopic (exact) mass is 340 g/mol. The number of thioether (sulfide) groups is 1. The molecule has 0 radical (unpaired) electrons. The van der Waals surface area contributed by atoms with Gasteiger partial charge in [-0.2, -0.15) is 0 Å². The van der Waals surface area contributed by atoms with E-state index in [1.807, 2.05) is 13.0 Å². The molecule has 0 aromatic carbocycles. The Morgan fingerprint density at radius 3 is 2.77 bits per heavy atom. The zero-order valence-corrected chi connectivity index (χ0v) is 15.3. The number of nitrogens with one attached hydrogen (secondary N) is 1. The first-order chi connectivity index (χ1) is 10.4. The van der Waals surface area contributed by atoms with E-state index in [1.54, 1.807) is 16.7 Å². The van der Waals surface area contributed by atoms with Crippen LogP contribution >= 0.6 is 23.1 Å². The van der Waals surface area contributed by atoms with Crippen molar-refractivity contribution >= 4 is 34.9 Å². The van der Waals surface area contributed by atoms with Gasteiger partial charge in [0.2, 0.25) is 5.91 Å². The van der Waals surface area contributed by atoms with Gasteiger partial charge in [-0.25, -0.2) is 0 Å². The van der Waals surface area contributed by atoms with Crippen LogP contribution in [-0.2, 0) is 11.2 Å². The van der Waals surface area contributed by atoms with Gasteiger partial charge in [0.25, 0.3) is 5.91 Å². The summed E-state index contributed by atoms with van der Waals surface area (Å²) < 4.78 is 0. The number of hydrogen-bond acceptors (Lipinski definition) is 4. The highest BCUT2D eigenvalue weighted by Gasteiger charge is 2.35. The summed E-state index contributed by atoms with van der Waals surface area (Å²) in [5.74, 6) is 1.64. The molecule has 0 aliphatic carbocycles. The first-order valence-corrected chi connectivity index (χ1v) is 9.66. The summed E-state index contributed by atoms with van der Waals surface area (Å²) in [5, 5.41) is 2.95. The molecule has 2 rings (SSSR count). The minimum absolute atomic E-state index is 0.0116. The highest BCUT2D eigenvalue weighted by molar-refractivity contribution is 7.99. The number of hydrogen-bond donors (Lipinski definition) is 1. The highest BCUT2D eigenvalue weighted by Crippen LogP contribution is 2.28. The van der Waals surface area contributed by atoms with Crippen molar-refractivity contribution in [2.45, 2.75) is 40.2 Å². The quantitative estimate of drug-likeness (QED) is 0.896. The molecule has 1 atom stereocenters. The third-order valence-electron chi connectivity index (χ3n) is 3.74. The van der Waals surface area contributed by atoms with Crippen LogP contribution in [0.4, 0.5) is 0 Å². The summed E-state index contributed by atoms with van der Waals surface area (Å²) in [6.07, 6.45) is 0.933. The van der Waals surface area contributed by atoms with Gasteiger partial charge in [0.1, 0.15) is 6.04 Å². The van der Waals surface area contributed by atoms with E-state index in [1.165, 1.54) is 21.8 Å². The van der Waals surface area contributed by atoms with Crippen molar-refractivity contribution in [3.05, 3.63) is 21.4 Å². The maximum Gasteiger partial charge on any atom is 0.265 e. The lowest BCUT2D eigenvalue weighted by atomic mass is 10.2. The van der Waals surface area contributed by atoms with Gasteiger partial charge in [0.05, 0.1) is 10.8 Å². The predicted molar refractivity (Wildman–Crippen MR) is 93.6 cm³/mol. The standard InChI is InChI=1S/C16H24N2O2S2/c1-5-12-6-14(22-11(12)4)16(20)18-9-21-8-13(18)15(19)17-7-10(2)3/h6,10,13H,5,7-9H2,1-4H3,(H,17,19)/t13-/m0/s1. The van der Waals surface area contributed by atoms with Gasteiger partial charge in [-0.05, 0) is 30.9 Å². The van der Waals surface area contributed by atoms with E-state index in [-0.39, 0.29) is 17.9 Å². The normalized spacial score (nSPS) is 18.0. The average molecular weight is 341 g/mol. The number of nitrogens with zero attached hydrogens (tertiary/aromatic N) is 1. The fourth-order valence-corrected chi connectivity index (χ4v) is 4.62. The van der Waals surface area contributed by atoms with E-state index >= 15 is 0 Å². The lowest BCUT2D eigenvalue weighted by Crippen LogP contribution is -2.47. The third-order valence-corrected chi connectivity index (χ3v) is 5.84. The average Bonchev–Trinajstić information content (AvgIpc) is 3.10. The van der Waals surface area contributed by atoms with Crippen molar-refractivity contribution in [2.24, 2.45) is 5.92 Å². The Balaban J connectivity index is 2.08. The number of carbonyl (C=O) groups excluding carboxylic acids is 2. The summed E-state index contributed by atoms with van der Waals surface area (Å²) in [6, 6.07) is 1.64. The summed E-state index contributed by atoms with van der Waals surface area (Å²) in [7, 11) is 0. The van der Waals surface area contributed by atoms with E-state index in [9.17, 15) is 9.59 Å². The molecule has 1 aromatic rings. The molecule has 1 aliphatic rings. The van der Waals surface area contributed by atoms with E-state index in [2.05, 4.69) is 26.1 Å². The lowest BCUT2D eigenvalue weighted by molar-refractivity contribution is -0.124. The summed E-state index contributed by atoms with van der Waals surface area (Å²) in [5.41, 5.74) is 1.22. The molecule has 1 aliphatic heterocycles.